The summed E-state index contributed by atoms with van der Waals surface area (Å²) in [5.74, 6) is -1.28. The maximum absolute atomic E-state index is 11.8. The van der Waals surface area contributed by atoms with Crippen LogP contribution in [0.15, 0.2) is 29.8 Å². The van der Waals surface area contributed by atoms with Crippen LogP contribution in [0.4, 0.5) is 4.79 Å². The van der Waals surface area contributed by atoms with Crippen molar-refractivity contribution in [3.8, 4) is 5.75 Å². The maximum Gasteiger partial charge on any atom is 0.328 e. The van der Waals surface area contributed by atoms with E-state index in [4.69, 9.17) is 9.47 Å². The lowest BCUT2D eigenvalue weighted by atomic mass is 10.1. The summed E-state index contributed by atoms with van der Waals surface area (Å²) in [7, 11) is 0. The van der Waals surface area contributed by atoms with Crippen LogP contribution < -0.4 is 20.7 Å². The maximum atomic E-state index is 11.8. The van der Waals surface area contributed by atoms with Crippen LogP contribution in [-0.2, 0) is 19.1 Å². The first-order valence-electron chi connectivity index (χ1n) is 8.51. The lowest BCUT2D eigenvalue weighted by Crippen LogP contribution is -2.51. The van der Waals surface area contributed by atoms with Crippen molar-refractivity contribution in [1.82, 2.24) is 16.0 Å². The molecule has 1 atom stereocenters. The summed E-state index contributed by atoms with van der Waals surface area (Å²) in [6, 6.07) is 5.64. The van der Waals surface area contributed by atoms with E-state index in [1.54, 1.807) is 24.3 Å². The van der Waals surface area contributed by atoms with Crippen LogP contribution >= 0.6 is 0 Å². The van der Waals surface area contributed by atoms with Gasteiger partial charge in [0.25, 0.3) is 17.7 Å². The van der Waals surface area contributed by atoms with Crippen LogP contribution in [0.5, 0.6) is 5.75 Å². The Bertz CT molecular complexity index is 759. The third-order valence-corrected chi connectivity index (χ3v) is 4.06. The molecule has 9 nitrogen and oxygen atoms in total. The average Bonchev–Trinajstić information content (AvgIpc) is 3.16. The van der Waals surface area contributed by atoms with Crippen LogP contribution in [0.3, 0.4) is 0 Å². The topological polar surface area (TPSA) is 123 Å². The van der Waals surface area contributed by atoms with Gasteiger partial charge in [0.05, 0.1) is 6.10 Å². The van der Waals surface area contributed by atoms with Gasteiger partial charge >= 0.3 is 6.03 Å². The fourth-order valence-electron chi connectivity index (χ4n) is 2.67. The zero-order chi connectivity index (χ0) is 19.2. The Morgan fingerprint density at radius 2 is 1.89 bits per heavy atom. The van der Waals surface area contributed by atoms with Gasteiger partial charge in [0, 0.05) is 13.2 Å². The number of barbiturate groups is 1. The molecule has 2 saturated heterocycles. The summed E-state index contributed by atoms with van der Waals surface area (Å²) in [6.45, 7) is 1.08. The van der Waals surface area contributed by atoms with E-state index in [0.29, 0.717) is 17.9 Å². The number of hydrogen-bond acceptors (Lipinski definition) is 6. The predicted molar refractivity (Wildman–Crippen MR) is 93.6 cm³/mol. The minimum Gasteiger partial charge on any atom is -0.484 e. The monoisotopic (exact) mass is 373 g/mol. The zero-order valence-corrected chi connectivity index (χ0v) is 14.4. The molecule has 5 amide bonds. The predicted octanol–water partition coefficient (Wildman–Crippen LogP) is 0.110. The van der Waals surface area contributed by atoms with E-state index in [9.17, 15) is 19.2 Å². The Balaban J connectivity index is 1.50. The van der Waals surface area contributed by atoms with Gasteiger partial charge in [0.15, 0.2) is 6.61 Å². The first-order chi connectivity index (χ1) is 13.0. The molecule has 0 radical (unpaired) electrons. The van der Waals surface area contributed by atoms with Gasteiger partial charge in [0.2, 0.25) is 0 Å². The number of nitrogens with one attached hydrogen (secondary N) is 3. The Kier molecular flexibility index (Phi) is 5.82. The summed E-state index contributed by atoms with van der Waals surface area (Å²) >= 11 is 0. The van der Waals surface area contributed by atoms with Gasteiger partial charge in [-0.2, -0.15) is 0 Å². The highest BCUT2D eigenvalue weighted by molar-refractivity contribution is 6.31. The highest BCUT2D eigenvalue weighted by atomic mass is 16.5. The smallest absolute Gasteiger partial charge is 0.328 e. The highest BCUT2D eigenvalue weighted by Crippen LogP contribution is 2.16. The molecule has 0 aliphatic carbocycles. The second kappa shape index (κ2) is 8.45. The van der Waals surface area contributed by atoms with E-state index >= 15 is 0 Å². The molecule has 0 bridgehead atoms. The third-order valence-electron chi connectivity index (χ3n) is 4.06. The summed E-state index contributed by atoms with van der Waals surface area (Å²) in [5.41, 5.74) is 0.400. The molecule has 0 saturated carbocycles. The van der Waals surface area contributed by atoms with E-state index < -0.39 is 17.8 Å². The van der Waals surface area contributed by atoms with Crippen molar-refractivity contribution in [1.29, 1.82) is 0 Å². The molecule has 27 heavy (non-hydrogen) atoms. The fourth-order valence-corrected chi connectivity index (χ4v) is 2.67. The molecule has 0 aromatic heterocycles. The molecule has 0 unspecified atom stereocenters. The van der Waals surface area contributed by atoms with Crippen molar-refractivity contribution in [2.75, 3.05) is 19.8 Å². The number of rotatable bonds is 6. The van der Waals surface area contributed by atoms with E-state index in [0.717, 1.165) is 19.4 Å². The van der Waals surface area contributed by atoms with Crippen molar-refractivity contribution < 1.29 is 28.7 Å². The van der Waals surface area contributed by atoms with Crippen molar-refractivity contribution >= 4 is 29.8 Å². The van der Waals surface area contributed by atoms with Crippen LogP contribution in [-0.4, -0.2) is 49.6 Å². The molecule has 0 spiro atoms. The summed E-state index contributed by atoms with van der Waals surface area (Å²) in [6.07, 6.45) is 3.39. The lowest BCUT2D eigenvalue weighted by molar-refractivity contribution is -0.124. The van der Waals surface area contributed by atoms with E-state index in [2.05, 4.69) is 5.32 Å². The molecular formula is C18H19N3O6. The van der Waals surface area contributed by atoms with Crippen LogP contribution in [0.2, 0.25) is 0 Å². The van der Waals surface area contributed by atoms with Gasteiger partial charge in [-0.15, -0.1) is 0 Å². The molecule has 142 valence electrons. The van der Waals surface area contributed by atoms with Gasteiger partial charge in [-0.05, 0) is 36.6 Å². The molecule has 3 N–H and O–H groups in total. The number of urea groups is 1. The second-order valence-corrected chi connectivity index (χ2v) is 6.09. The molecule has 2 fully saturated rings. The van der Waals surface area contributed by atoms with Crippen LogP contribution in [0, 0.1) is 0 Å². The Morgan fingerprint density at radius 3 is 2.52 bits per heavy atom. The van der Waals surface area contributed by atoms with Crippen molar-refractivity contribution in [3.63, 3.8) is 0 Å². The highest BCUT2D eigenvalue weighted by Gasteiger charge is 2.27. The number of carbonyl (C=O) groups is 4. The van der Waals surface area contributed by atoms with Gasteiger partial charge in [-0.1, -0.05) is 12.1 Å². The summed E-state index contributed by atoms with van der Waals surface area (Å²) in [5, 5.41) is 6.76. The molecular weight excluding hydrogens is 354 g/mol. The first kappa shape index (κ1) is 18.6. The molecule has 1 aromatic carbocycles. The van der Waals surface area contributed by atoms with Crippen molar-refractivity contribution in [2.45, 2.75) is 18.9 Å². The number of carbonyl (C=O) groups excluding carboxylic acids is 4. The molecule has 2 aliphatic heterocycles. The molecule has 9 heteroatoms. The van der Waals surface area contributed by atoms with Gasteiger partial charge < -0.3 is 14.8 Å². The molecule has 2 heterocycles. The normalized spacial score (nSPS) is 19.3. The zero-order valence-electron chi connectivity index (χ0n) is 14.4. The number of benzene rings is 1. The molecule has 1 aromatic rings. The van der Waals surface area contributed by atoms with Crippen LogP contribution in [0.1, 0.15) is 18.4 Å². The van der Waals surface area contributed by atoms with Gasteiger partial charge in [-0.25, -0.2) is 4.79 Å². The summed E-state index contributed by atoms with van der Waals surface area (Å²) < 4.78 is 10.8. The molecule has 3 rings (SSSR count). The number of ether oxygens (including phenoxy) is 2. The SMILES string of the molecule is O=C(COc1ccc(C=C2C(=O)NC(=O)NC2=O)cc1)NC[C@@H]1CCCO1. The van der Waals surface area contributed by atoms with E-state index in [-0.39, 0.29) is 24.2 Å². The van der Waals surface area contributed by atoms with Crippen molar-refractivity contribution in [3.05, 3.63) is 35.4 Å². The number of amides is 5. The van der Waals surface area contributed by atoms with Gasteiger partial charge in [0.1, 0.15) is 11.3 Å². The van der Waals surface area contributed by atoms with Gasteiger partial charge in [-0.3, -0.25) is 25.0 Å². The van der Waals surface area contributed by atoms with E-state index in [1.165, 1.54) is 6.08 Å². The Morgan fingerprint density at radius 1 is 1.19 bits per heavy atom. The minimum absolute atomic E-state index is 0.0748. The fraction of sp³-hybridized carbons (Fsp3) is 0.333. The second-order valence-electron chi connectivity index (χ2n) is 6.09. The standard InChI is InChI=1S/C18H19N3O6/c22-15(19-9-13-2-1-7-26-13)10-27-12-5-3-11(4-6-12)8-14-16(23)20-18(25)21-17(14)24/h3-6,8,13H,1-2,7,9-10H2,(H,19,22)(H2,20,21,23,24,25)/t13-/m0/s1. The number of imide groups is 2. The largest absolute Gasteiger partial charge is 0.484 e. The average molecular weight is 373 g/mol. The molecule has 2 aliphatic rings. The third kappa shape index (κ3) is 5.14. The summed E-state index contributed by atoms with van der Waals surface area (Å²) in [4.78, 5) is 46.2. The van der Waals surface area contributed by atoms with E-state index in [1.807, 2.05) is 10.6 Å². The quantitative estimate of drug-likeness (QED) is 0.480. The number of hydrogen-bond donors (Lipinski definition) is 3. The minimum atomic E-state index is -0.844. The lowest BCUT2D eigenvalue weighted by Gasteiger charge is -2.14. The van der Waals surface area contributed by atoms with Crippen molar-refractivity contribution in [2.24, 2.45) is 0 Å². The Labute approximate surface area is 155 Å². The van der Waals surface area contributed by atoms with Crippen LogP contribution in [0.25, 0.3) is 6.08 Å². The Hall–Kier alpha value is -3.20. The first-order valence-corrected chi connectivity index (χ1v) is 8.51.